The zero-order valence-corrected chi connectivity index (χ0v) is 11.4. The molecule has 4 heteroatoms. The zero-order valence-electron chi connectivity index (χ0n) is 11.4. The van der Waals surface area contributed by atoms with Crippen LogP contribution in [0.5, 0.6) is 0 Å². The Labute approximate surface area is 105 Å². The first-order valence-corrected chi connectivity index (χ1v) is 6.93. The van der Waals surface area contributed by atoms with Crippen LogP contribution in [0.15, 0.2) is 0 Å². The van der Waals surface area contributed by atoms with Gasteiger partial charge < -0.3 is 10.5 Å². The molecule has 0 spiro atoms. The maximum atomic E-state index is 5.94. The highest BCUT2D eigenvalue weighted by Gasteiger charge is 2.33. The van der Waals surface area contributed by atoms with Gasteiger partial charge in [0.2, 0.25) is 0 Å². The fourth-order valence-corrected chi connectivity index (χ4v) is 2.88. The van der Waals surface area contributed by atoms with Gasteiger partial charge in [0.1, 0.15) is 0 Å². The van der Waals surface area contributed by atoms with Crippen LogP contribution in [-0.2, 0) is 4.74 Å². The van der Waals surface area contributed by atoms with Crippen molar-refractivity contribution >= 4 is 0 Å². The molecule has 0 amide bonds. The summed E-state index contributed by atoms with van der Waals surface area (Å²) in [5.74, 6) is 0. The van der Waals surface area contributed by atoms with Gasteiger partial charge in [-0.15, -0.1) is 0 Å². The Morgan fingerprint density at radius 2 is 1.94 bits per heavy atom. The number of morpholine rings is 1. The lowest BCUT2D eigenvalue weighted by molar-refractivity contribution is -0.0503. The Kier molecular flexibility index (Phi) is 4.42. The van der Waals surface area contributed by atoms with Crippen LogP contribution < -0.4 is 5.73 Å². The Morgan fingerprint density at radius 1 is 1.18 bits per heavy atom. The van der Waals surface area contributed by atoms with E-state index in [2.05, 4.69) is 23.6 Å². The number of nitrogens with zero attached hydrogens (tertiary/aromatic N) is 2. The monoisotopic (exact) mass is 241 g/mol. The van der Waals surface area contributed by atoms with Gasteiger partial charge in [-0.2, -0.15) is 0 Å². The summed E-state index contributed by atoms with van der Waals surface area (Å²) in [6.45, 7) is 12.0. The molecule has 0 aliphatic carbocycles. The number of ether oxygens (including phenoxy) is 1. The van der Waals surface area contributed by atoms with E-state index in [4.69, 9.17) is 10.5 Å². The highest BCUT2D eigenvalue weighted by molar-refractivity contribution is 4.88. The van der Waals surface area contributed by atoms with Gasteiger partial charge in [-0.1, -0.05) is 0 Å². The number of rotatable bonds is 3. The summed E-state index contributed by atoms with van der Waals surface area (Å²) in [5, 5.41) is 0. The fourth-order valence-electron chi connectivity index (χ4n) is 2.88. The molecule has 0 saturated carbocycles. The molecule has 2 aliphatic rings. The molecule has 2 saturated heterocycles. The quantitative estimate of drug-likeness (QED) is 0.782. The Balaban J connectivity index is 1.86. The van der Waals surface area contributed by atoms with Crippen molar-refractivity contribution in [3.63, 3.8) is 0 Å². The second-order valence-electron chi connectivity index (χ2n) is 5.79. The van der Waals surface area contributed by atoms with E-state index in [9.17, 15) is 0 Å². The summed E-state index contributed by atoms with van der Waals surface area (Å²) in [6, 6.07) is 1.52. The maximum absolute atomic E-state index is 5.94. The molecule has 0 aromatic carbocycles. The molecule has 0 aromatic rings. The maximum Gasteiger partial charge on any atom is 0.0850 e. The molecule has 0 aromatic heterocycles. The highest BCUT2D eigenvalue weighted by Crippen LogP contribution is 2.20. The van der Waals surface area contributed by atoms with Gasteiger partial charge in [0.25, 0.3) is 0 Å². The van der Waals surface area contributed by atoms with Gasteiger partial charge in [-0.3, -0.25) is 9.80 Å². The van der Waals surface area contributed by atoms with E-state index >= 15 is 0 Å². The molecule has 2 N–H and O–H groups in total. The minimum Gasteiger partial charge on any atom is -0.374 e. The standard InChI is InChI=1S/C13H27N3O/c1-10(2)15-5-4-12(8-15)16-6-7-17-13(9-16)11(3)14/h10-13H,4-9,14H2,1-3H3. The highest BCUT2D eigenvalue weighted by atomic mass is 16.5. The third-order valence-electron chi connectivity index (χ3n) is 4.15. The van der Waals surface area contributed by atoms with Crippen LogP contribution in [-0.4, -0.2) is 66.8 Å². The van der Waals surface area contributed by atoms with Crippen molar-refractivity contribution in [1.82, 2.24) is 9.80 Å². The molecule has 2 fully saturated rings. The minimum absolute atomic E-state index is 0.139. The molecule has 17 heavy (non-hydrogen) atoms. The second kappa shape index (κ2) is 5.65. The van der Waals surface area contributed by atoms with Crippen molar-refractivity contribution in [2.24, 2.45) is 5.73 Å². The first kappa shape index (κ1) is 13.3. The predicted molar refractivity (Wildman–Crippen MR) is 70.1 cm³/mol. The number of likely N-dealkylation sites (tertiary alicyclic amines) is 1. The molecular formula is C13H27N3O. The number of nitrogens with two attached hydrogens (primary N) is 1. The van der Waals surface area contributed by atoms with E-state index in [1.807, 2.05) is 6.92 Å². The van der Waals surface area contributed by atoms with E-state index in [-0.39, 0.29) is 12.1 Å². The van der Waals surface area contributed by atoms with Crippen LogP contribution in [0.2, 0.25) is 0 Å². The van der Waals surface area contributed by atoms with Crippen LogP contribution in [0.4, 0.5) is 0 Å². The van der Waals surface area contributed by atoms with Crippen molar-refractivity contribution in [2.45, 2.75) is 51.4 Å². The smallest absolute Gasteiger partial charge is 0.0850 e. The van der Waals surface area contributed by atoms with Crippen molar-refractivity contribution in [2.75, 3.05) is 32.8 Å². The average Bonchev–Trinajstić information content (AvgIpc) is 2.78. The molecule has 0 radical (unpaired) electrons. The van der Waals surface area contributed by atoms with E-state index in [1.54, 1.807) is 0 Å². The topological polar surface area (TPSA) is 41.7 Å². The third kappa shape index (κ3) is 3.19. The van der Waals surface area contributed by atoms with Gasteiger partial charge >= 0.3 is 0 Å². The Bertz CT molecular complexity index is 245. The van der Waals surface area contributed by atoms with Crippen LogP contribution in [0.25, 0.3) is 0 Å². The van der Waals surface area contributed by atoms with E-state index in [0.717, 1.165) is 19.7 Å². The van der Waals surface area contributed by atoms with Crippen molar-refractivity contribution < 1.29 is 4.74 Å². The number of hydrogen-bond donors (Lipinski definition) is 1. The lowest BCUT2D eigenvalue weighted by Gasteiger charge is -2.38. The summed E-state index contributed by atoms with van der Waals surface area (Å²) in [7, 11) is 0. The summed E-state index contributed by atoms with van der Waals surface area (Å²) in [4.78, 5) is 5.15. The zero-order chi connectivity index (χ0) is 12.4. The summed E-state index contributed by atoms with van der Waals surface area (Å²) in [5.41, 5.74) is 5.94. The summed E-state index contributed by atoms with van der Waals surface area (Å²) >= 11 is 0. The van der Waals surface area contributed by atoms with Crippen LogP contribution >= 0.6 is 0 Å². The van der Waals surface area contributed by atoms with Gasteiger partial charge in [-0.25, -0.2) is 0 Å². The van der Waals surface area contributed by atoms with Gasteiger partial charge in [0.15, 0.2) is 0 Å². The SMILES string of the molecule is CC(N)C1CN(C2CCN(C(C)C)C2)CCO1. The summed E-state index contributed by atoms with van der Waals surface area (Å²) < 4.78 is 5.72. The molecule has 2 rings (SSSR count). The van der Waals surface area contributed by atoms with Gasteiger partial charge in [-0.05, 0) is 27.2 Å². The fraction of sp³-hybridized carbons (Fsp3) is 1.00. The van der Waals surface area contributed by atoms with Crippen LogP contribution in [0.1, 0.15) is 27.2 Å². The molecule has 3 atom stereocenters. The minimum atomic E-state index is 0.139. The first-order chi connectivity index (χ1) is 8.08. The lowest BCUT2D eigenvalue weighted by atomic mass is 10.1. The largest absolute Gasteiger partial charge is 0.374 e. The molecular weight excluding hydrogens is 214 g/mol. The molecule has 2 heterocycles. The first-order valence-electron chi connectivity index (χ1n) is 6.93. The van der Waals surface area contributed by atoms with Crippen LogP contribution in [0, 0.1) is 0 Å². The lowest BCUT2D eigenvalue weighted by Crippen LogP contribution is -2.53. The molecule has 0 bridgehead atoms. The molecule has 100 valence electrons. The van der Waals surface area contributed by atoms with Crippen LogP contribution in [0.3, 0.4) is 0 Å². The number of hydrogen-bond acceptors (Lipinski definition) is 4. The van der Waals surface area contributed by atoms with Gasteiger partial charge in [0.05, 0.1) is 12.7 Å². The van der Waals surface area contributed by atoms with Crippen molar-refractivity contribution in [3.05, 3.63) is 0 Å². The Morgan fingerprint density at radius 3 is 2.53 bits per heavy atom. The van der Waals surface area contributed by atoms with E-state index in [0.29, 0.717) is 12.1 Å². The normalized spacial score (nSPS) is 34.4. The molecule has 2 aliphatic heterocycles. The van der Waals surface area contributed by atoms with E-state index in [1.165, 1.54) is 19.5 Å². The Hall–Kier alpha value is -0.160. The van der Waals surface area contributed by atoms with E-state index < -0.39 is 0 Å². The second-order valence-corrected chi connectivity index (χ2v) is 5.79. The van der Waals surface area contributed by atoms with Gasteiger partial charge in [0, 0.05) is 44.3 Å². The summed E-state index contributed by atoms with van der Waals surface area (Å²) in [6.07, 6.45) is 1.51. The third-order valence-corrected chi connectivity index (χ3v) is 4.15. The average molecular weight is 241 g/mol. The van der Waals surface area contributed by atoms with Crippen molar-refractivity contribution in [1.29, 1.82) is 0 Å². The molecule has 4 nitrogen and oxygen atoms in total. The predicted octanol–water partition coefficient (Wildman–Crippen LogP) is 0.517. The molecule has 3 unspecified atom stereocenters. The van der Waals surface area contributed by atoms with Crippen molar-refractivity contribution in [3.8, 4) is 0 Å².